The van der Waals surface area contributed by atoms with Crippen LogP contribution in [0.2, 0.25) is 0 Å². The molecule has 0 radical (unpaired) electrons. The third-order valence-corrected chi connectivity index (χ3v) is 5.03. The highest BCUT2D eigenvalue weighted by Gasteiger charge is 2.24. The van der Waals surface area contributed by atoms with Crippen LogP contribution in [-0.4, -0.2) is 30.6 Å². The number of rotatable bonds is 6. The van der Waals surface area contributed by atoms with E-state index in [9.17, 15) is 0 Å². The van der Waals surface area contributed by atoms with Gasteiger partial charge in [-0.3, -0.25) is 4.90 Å². The van der Waals surface area contributed by atoms with Crippen LogP contribution in [0.5, 0.6) is 0 Å². The summed E-state index contributed by atoms with van der Waals surface area (Å²) in [6, 6.07) is 10.1. The van der Waals surface area contributed by atoms with Crippen molar-refractivity contribution in [2.45, 2.75) is 58.0 Å². The highest BCUT2D eigenvalue weighted by atomic mass is 15.1. The second-order valence-corrected chi connectivity index (χ2v) is 7.30. The van der Waals surface area contributed by atoms with Crippen molar-refractivity contribution in [1.82, 2.24) is 10.2 Å². The van der Waals surface area contributed by atoms with Gasteiger partial charge in [-0.1, -0.05) is 38.1 Å². The average Bonchev–Trinajstić information content (AvgIpc) is 3.31. The minimum Gasteiger partial charge on any atom is -0.314 e. The molecule has 3 rings (SSSR count). The van der Waals surface area contributed by atoms with Gasteiger partial charge >= 0.3 is 0 Å². The zero-order valence-corrected chi connectivity index (χ0v) is 13.6. The van der Waals surface area contributed by atoms with Crippen LogP contribution < -0.4 is 5.32 Å². The van der Waals surface area contributed by atoms with Gasteiger partial charge in [-0.05, 0) is 68.3 Å². The van der Waals surface area contributed by atoms with E-state index in [1.54, 1.807) is 0 Å². The summed E-state index contributed by atoms with van der Waals surface area (Å²) in [5, 5.41) is 3.69. The van der Waals surface area contributed by atoms with Gasteiger partial charge in [-0.15, -0.1) is 0 Å². The number of piperidine rings is 1. The summed E-state index contributed by atoms with van der Waals surface area (Å²) in [4.78, 5) is 2.62. The van der Waals surface area contributed by atoms with Crippen LogP contribution in [0.1, 0.15) is 56.6 Å². The quantitative estimate of drug-likeness (QED) is 0.856. The lowest BCUT2D eigenvalue weighted by atomic mass is 9.96. The molecule has 1 aromatic carbocycles. The van der Waals surface area contributed by atoms with Gasteiger partial charge in [0.05, 0.1) is 0 Å². The molecule has 1 N–H and O–H groups in total. The summed E-state index contributed by atoms with van der Waals surface area (Å²) in [6.07, 6.45) is 5.55. The summed E-state index contributed by atoms with van der Waals surface area (Å²) in [5.41, 5.74) is 2.91. The van der Waals surface area contributed by atoms with E-state index in [2.05, 4.69) is 48.3 Å². The number of hydrogen-bond acceptors (Lipinski definition) is 2. The molecule has 0 unspecified atom stereocenters. The van der Waals surface area contributed by atoms with Crippen molar-refractivity contribution in [3.8, 4) is 0 Å². The molecule has 0 amide bonds. The van der Waals surface area contributed by atoms with Crippen LogP contribution in [-0.2, 0) is 6.54 Å². The fourth-order valence-corrected chi connectivity index (χ4v) is 3.24. The van der Waals surface area contributed by atoms with Crippen LogP contribution in [0.15, 0.2) is 24.3 Å². The Kier molecular flexibility index (Phi) is 4.97. The Morgan fingerprint density at radius 1 is 1.05 bits per heavy atom. The minimum atomic E-state index is 0.633. The first-order valence-electron chi connectivity index (χ1n) is 8.75. The molecule has 1 aliphatic heterocycles. The molecule has 0 bridgehead atoms. The van der Waals surface area contributed by atoms with Crippen LogP contribution in [0.3, 0.4) is 0 Å². The highest BCUT2D eigenvalue weighted by molar-refractivity contribution is 5.24. The maximum absolute atomic E-state index is 3.69. The smallest absolute Gasteiger partial charge is 0.0233 e. The van der Waals surface area contributed by atoms with Crippen molar-refractivity contribution in [2.75, 3.05) is 19.6 Å². The van der Waals surface area contributed by atoms with Crippen molar-refractivity contribution in [3.63, 3.8) is 0 Å². The number of nitrogens with one attached hydrogen (secondary N) is 1. The van der Waals surface area contributed by atoms with Crippen LogP contribution in [0, 0.1) is 5.92 Å². The lowest BCUT2D eigenvalue weighted by molar-refractivity contribution is 0.175. The molecule has 0 spiro atoms. The van der Waals surface area contributed by atoms with E-state index in [1.165, 1.54) is 56.4 Å². The zero-order chi connectivity index (χ0) is 14.7. The molecule has 0 aromatic heterocycles. The summed E-state index contributed by atoms with van der Waals surface area (Å²) in [5.74, 6) is 1.54. The Balaban J connectivity index is 1.41. The molecule has 1 saturated carbocycles. The number of benzene rings is 1. The summed E-state index contributed by atoms with van der Waals surface area (Å²) in [6.45, 7) is 9.43. The van der Waals surface area contributed by atoms with E-state index < -0.39 is 0 Å². The standard InChI is InChI=1S/C19H30N2/c1-15(2)18-5-3-17(4-6-18)14-21-11-9-16(10-12-21)13-20-19-7-8-19/h3-6,15-16,19-20H,7-14H2,1-2H3. The van der Waals surface area contributed by atoms with Crippen LogP contribution in [0.4, 0.5) is 0 Å². The highest BCUT2D eigenvalue weighted by Crippen LogP contribution is 2.23. The van der Waals surface area contributed by atoms with Crippen molar-refractivity contribution >= 4 is 0 Å². The monoisotopic (exact) mass is 286 g/mol. The lowest BCUT2D eigenvalue weighted by Gasteiger charge is -2.32. The fourth-order valence-electron chi connectivity index (χ4n) is 3.24. The van der Waals surface area contributed by atoms with Crippen molar-refractivity contribution < 1.29 is 0 Å². The second kappa shape index (κ2) is 6.93. The Labute approximate surface area is 129 Å². The third-order valence-electron chi connectivity index (χ3n) is 5.03. The molecule has 2 aliphatic rings. The molecule has 21 heavy (non-hydrogen) atoms. The topological polar surface area (TPSA) is 15.3 Å². The van der Waals surface area contributed by atoms with Crippen molar-refractivity contribution in [3.05, 3.63) is 35.4 Å². The predicted octanol–water partition coefficient (Wildman–Crippen LogP) is 3.77. The first kappa shape index (κ1) is 15.1. The Hall–Kier alpha value is -0.860. The van der Waals surface area contributed by atoms with Gasteiger partial charge in [-0.25, -0.2) is 0 Å². The average molecular weight is 286 g/mol. The van der Waals surface area contributed by atoms with Crippen LogP contribution >= 0.6 is 0 Å². The molecule has 2 fully saturated rings. The number of likely N-dealkylation sites (tertiary alicyclic amines) is 1. The maximum atomic E-state index is 3.69. The van der Waals surface area contributed by atoms with E-state index in [1.807, 2.05) is 0 Å². The second-order valence-electron chi connectivity index (χ2n) is 7.30. The molecule has 1 aromatic rings. The first-order valence-corrected chi connectivity index (χ1v) is 8.75. The summed E-state index contributed by atoms with van der Waals surface area (Å²) >= 11 is 0. The van der Waals surface area contributed by atoms with Gasteiger partial charge in [0.15, 0.2) is 0 Å². The lowest BCUT2D eigenvalue weighted by Crippen LogP contribution is -2.37. The van der Waals surface area contributed by atoms with E-state index in [4.69, 9.17) is 0 Å². The van der Waals surface area contributed by atoms with Gasteiger partial charge in [0.2, 0.25) is 0 Å². The molecule has 2 heteroatoms. The molecule has 2 nitrogen and oxygen atoms in total. The third kappa shape index (κ3) is 4.55. The van der Waals surface area contributed by atoms with E-state index in [-0.39, 0.29) is 0 Å². The zero-order valence-electron chi connectivity index (χ0n) is 13.6. The Morgan fingerprint density at radius 3 is 2.29 bits per heavy atom. The normalized spacial score (nSPS) is 21.1. The molecule has 1 saturated heterocycles. The van der Waals surface area contributed by atoms with Crippen molar-refractivity contribution in [1.29, 1.82) is 0 Å². The van der Waals surface area contributed by atoms with Gasteiger partial charge in [0.25, 0.3) is 0 Å². The molecule has 0 atom stereocenters. The van der Waals surface area contributed by atoms with Crippen molar-refractivity contribution in [2.24, 2.45) is 5.92 Å². The largest absolute Gasteiger partial charge is 0.314 e. The van der Waals surface area contributed by atoms with E-state index >= 15 is 0 Å². The van der Waals surface area contributed by atoms with Gasteiger partial charge in [0.1, 0.15) is 0 Å². The van der Waals surface area contributed by atoms with Gasteiger partial charge < -0.3 is 5.32 Å². The SMILES string of the molecule is CC(C)c1ccc(CN2CCC(CNC3CC3)CC2)cc1. The molecule has 1 aliphatic carbocycles. The first-order chi connectivity index (χ1) is 10.2. The molecule has 1 heterocycles. The number of hydrogen-bond donors (Lipinski definition) is 1. The molecule has 116 valence electrons. The van der Waals surface area contributed by atoms with E-state index in [0.717, 1.165) is 18.5 Å². The summed E-state index contributed by atoms with van der Waals surface area (Å²) in [7, 11) is 0. The van der Waals surface area contributed by atoms with Gasteiger partial charge in [0, 0.05) is 12.6 Å². The summed E-state index contributed by atoms with van der Waals surface area (Å²) < 4.78 is 0. The van der Waals surface area contributed by atoms with Crippen LogP contribution in [0.25, 0.3) is 0 Å². The Bertz CT molecular complexity index is 425. The predicted molar refractivity (Wildman–Crippen MR) is 89.6 cm³/mol. The maximum Gasteiger partial charge on any atom is 0.0233 e. The molecular formula is C19H30N2. The van der Waals surface area contributed by atoms with Gasteiger partial charge in [-0.2, -0.15) is 0 Å². The Morgan fingerprint density at radius 2 is 1.71 bits per heavy atom. The number of nitrogens with zero attached hydrogens (tertiary/aromatic N) is 1. The fraction of sp³-hybridized carbons (Fsp3) is 0.684. The molecular weight excluding hydrogens is 256 g/mol. The minimum absolute atomic E-state index is 0.633. The van der Waals surface area contributed by atoms with E-state index in [0.29, 0.717) is 5.92 Å².